The van der Waals surface area contributed by atoms with Crippen LogP contribution in [0.1, 0.15) is 37.1 Å². The third kappa shape index (κ3) is 3.16. The molecule has 1 heterocycles. The summed E-state index contributed by atoms with van der Waals surface area (Å²) >= 11 is 0. The fourth-order valence-corrected chi connectivity index (χ4v) is 2.43. The Morgan fingerprint density at radius 3 is 2.35 bits per heavy atom. The minimum atomic E-state index is 0.836. The van der Waals surface area contributed by atoms with Gasteiger partial charge in [-0.05, 0) is 38.3 Å². The Bertz CT molecular complexity index is 546. The standard InChI is InChI=1S/C17H23N3/c1-5-8-14-11-15(18-6-2)20-17(19-14)16-12(3)9-7-10-13(16)4/h7,9-11H,5-6,8H2,1-4H3,(H,18,19,20). The number of hydrogen-bond donors (Lipinski definition) is 1. The van der Waals surface area contributed by atoms with Crippen molar-refractivity contribution < 1.29 is 0 Å². The van der Waals surface area contributed by atoms with E-state index in [1.54, 1.807) is 0 Å². The van der Waals surface area contributed by atoms with Crippen LogP contribution in [0.4, 0.5) is 5.82 Å². The van der Waals surface area contributed by atoms with Gasteiger partial charge in [0.25, 0.3) is 0 Å². The fraction of sp³-hybridized carbons (Fsp3) is 0.412. The molecule has 0 aliphatic carbocycles. The molecular formula is C17H23N3. The van der Waals surface area contributed by atoms with Crippen molar-refractivity contribution in [2.75, 3.05) is 11.9 Å². The number of nitrogens with one attached hydrogen (secondary N) is 1. The maximum atomic E-state index is 4.75. The zero-order valence-corrected chi connectivity index (χ0v) is 12.8. The van der Waals surface area contributed by atoms with Crippen molar-refractivity contribution in [2.24, 2.45) is 0 Å². The summed E-state index contributed by atoms with van der Waals surface area (Å²) in [4.78, 5) is 9.42. The normalized spacial score (nSPS) is 10.6. The smallest absolute Gasteiger partial charge is 0.162 e. The summed E-state index contributed by atoms with van der Waals surface area (Å²) in [6.07, 6.45) is 2.08. The molecule has 2 rings (SSSR count). The zero-order valence-electron chi connectivity index (χ0n) is 12.8. The summed E-state index contributed by atoms with van der Waals surface area (Å²) in [6.45, 7) is 9.36. The van der Waals surface area contributed by atoms with Crippen molar-refractivity contribution in [2.45, 2.75) is 40.5 Å². The maximum absolute atomic E-state index is 4.75. The first-order chi connectivity index (χ1) is 9.65. The second-order valence-electron chi connectivity index (χ2n) is 5.12. The molecule has 3 heteroatoms. The van der Waals surface area contributed by atoms with Crippen LogP contribution in [0.2, 0.25) is 0 Å². The molecule has 106 valence electrons. The molecule has 1 N–H and O–H groups in total. The molecule has 3 nitrogen and oxygen atoms in total. The lowest BCUT2D eigenvalue weighted by Crippen LogP contribution is -2.05. The number of aromatic nitrogens is 2. The molecule has 20 heavy (non-hydrogen) atoms. The van der Waals surface area contributed by atoms with E-state index in [0.717, 1.165) is 42.3 Å². The molecule has 1 aromatic carbocycles. The molecular weight excluding hydrogens is 246 g/mol. The second kappa shape index (κ2) is 6.51. The average Bonchev–Trinajstić information content (AvgIpc) is 2.39. The highest BCUT2D eigenvalue weighted by molar-refractivity contribution is 5.65. The van der Waals surface area contributed by atoms with Crippen LogP contribution in [0.5, 0.6) is 0 Å². The predicted octanol–water partition coefficient (Wildman–Crippen LogP) is 4.14. The lowest BCUT2D eigenvalue weighted by atomic mass is 10.0. The van der Waals surface area contributed by atoms with Gasteiger partial charge in [-0.15, -0.1) is 0 Å². The number of benzene rings is 1. The molecule has 0 aliphatic rings. The Labute approximate surface area is 121 Å². The first-order valence-electron chi connectivity index (χ1n) is 7.34. The summed E-state index contributed by atoms with van der Waals surface area (Å²) in [6, 6.07) is 8.37. The third-order valence-corrected chi connectivity index (χ3v) is 3.35. The van der Waals surface area contributed by atoms with Crippen molar-refractivity contribution in [3.8, 4) is 11.4 Å². The van der Waals surface area contributed by atoms with E-state index in [1.807, 2.05) is 0 Å². The van der Waals surface area contributed by atoms with Crippen LogP contribution in [-0.2, 0) is 6.42 Å². The fourth-order valence-electron chi connectivity index (χ4n) is 2.43. The first kappa shape index (κ1) is 14.5. The van der Waals surface area contributed by atoms with Gasteiger partial charge in [-0.3, -0.25) is 0 Å². The minimum absolute atomic E-state index is 0.836. The topological polar surface area (TPSA) is 37.8 Å². The monoisotopic (exact) mass is 269 g/mol. The summed E-state index contributed by atoms with van der Waals surface area (Å²) in [5.41, 5.74) is 4.71. The van der Waals surface area contributed by atoms with Gasteiger partial charge in [-0.1, -0.05) is 31.5 Å². The van der Waals surface area contributed by atoms with Gasteiger partial charge >= 0.3 is 0 Å². The van der Waals surface area contributed by atoms with Crippen molar-refractivity contribution in [1.29, 1.82) is 0 Å². The lowest BCUT2D eigenvalue weighted by molar-refractivity contribution is 0.874. The largest absolute Gasteiger partial charge is 0.370 e. The highest BCUT2D eigenvalue weighted by Gasteiger charge is 2.11. The molecule has 0 amide bonds. The molecule has 2 aromatic rings. The van der Waals surface area contributed by atoms with Crippen LogP contribution >= 0.6 is 0 Å². The van der Waals surface area contributed by atoms with Crippen LogP contribution in [0.15, 0.2) is 24.3 Å². The number of hydrogen-bond acceptors (Lipinski definition) is 3. The highest BCUT2D eigenvalue weighted by atomic mass is 15.0. The molecule has 0 bridgehead atoms. The molecule has 0 radical (unpaired) electrons. The van der Waals surface area contributed by atoms with Crippen molar-refractivity contribution >= 4 is 5.82 Å². The Morgan fingerprint density at radius 2 is 1.75 bits per heavy atom. The van der Waals surface area contributed by atoms with E-state index in [-0.39, 0.29) is 0 Å². The van der Waals surface area contributed by atoms with Gasteiger partial charge in [-0.2, -0.15) is 0 Å². The summed E-state index contributed by atoms with van der Waals surface area (Å²) in [5.74, 6) is 1.76. The molecule has 0 spiro atoms. The molecule has 1 aromatic heterocycles. The quantitative estimate of drug-likeness (QED) is 0.886. The zero-order chi connectivity index (χ0) is 14.5. The first-order valence-corrected chi connectivity index (χ1v) is 7.34. The van der Waals surface area contributed by atoms with E-state index in [9.17, 15) is 0 Å². The van der Waals surface area contributed by atoms with Gasteiger partial charge in [-0.25, -0.2) is 9.97 Å². The number of nitrogens with zero attached hydrogens (tertiary/aromatic N) is 2. The van der Waals surface area contributed by atoms with Crippen LogP contribution in [0, 0.1) is 13.8 Å². The number of aryl methyl sites for hydroxylation is 3. The Morgan fingerprint density at radius 1 is 1.05 bits per heavy atom. The van der Waals surface area contributed by atoms with Gasteiger partial charge in [0.05, 0.1) is 0 Å². The molecule has 0 fully saturated rings. The summed E-state index contributed by atoms with van der Waals surface area (Å²) in [7, 11) is 0. The van der Waals surface area contributed by atoms with E-state index in [1.165, 1.54) is 11.1 Å². The maximum Gasteiger partial charge on any atom is 0.162 e. The molecule has 0 saturated heterocycles. The Kier molecular flexibility index (Phi) is 4.72. The number of anilines is 1. The van der Waals surface area contributed by atoms with E-state index < -0.39 is 0 Å². The molecule has 0 aliphatic heterocycles. The van der Waals surface area contributed by atoms with Gasteiger partial charge in [0.1, 0.15) is 5.82 Å². The summed E-state index contributed by atoms with van der Waals surface area (Å²) in [5, 5.41) is 3.30. The van der Waals surface area contributed by atoms with Gasteiger partial charge in [0.15, 0.2) is 5.82 Å². The van der Waals surface area contributed by atoms with Gasteiger partial charge in [0.2, 0.25) is 0 Å². The van der Waals surface area contributed by atoms with Crippen molar-refractivity contribution in [3.05, 3.63) is 41.1 Å². The molecule has 0 saturated carbocycles. The third-order valence-electron chi connectivity index (χ3n) is 3.35. The van der Waals surface area contributed by atoms with Crippen molar-refractivity contribution in [3.63, 3.8) is 0 Å². The Hall–Kier alpha value is -1.90. The molecule has 0 unspecified atom stereocenters. The van der Waals surface area contributed by atoms with Crippen LogP contribution in [0.25, 0.3) is 11.4 Å². The van der Waals surface area contributed by atoms with Crippen LogP contribution < -0.4 is 5.32 Å². The predicted molar refractivity (Wildman–Crippen MR) is 85.1 cm³/mol. The average molecular weight is 269 g/mol. The van der Waals surface area contributed by atoms with E-state index in [2.05, 4.69) is 62.3 Å². The van der Waals surface area contributed by atoms with Gasteiger partial charge < -0.3 is 5.32 Å². The van der Waals surface area contributed by atoms with E-state index in [4.69, 9.17) is 4.98 Å². The second-order valence-corrected chi connectivity index (χ2v) is 5.12. The molecule has 0 atom stereocenters. The Balaban J connectivity index is 2.54. The summed E-state index contributed by atoms with van der Waals surface area (Å²) < 4.78 is 0. The van der Waals surface area contributed by atoms with E-state index >= 15 is 0 Å². The lowest BCUT2D eigenvalue weighted by Gasteiger charge is -2.12. The van der Waals surface area contributed by atoms with Crippen LogP contribution in [-0.4, -0.2) is 16.5 Å². The minimum Gasteiger partial charge on any atom is -0.370 e. The van der Waals surface area contributed by atoms with Crippen LogP contribution in [0.3, 0.4) is 0 Å². The highest BCUT2D eigenvalue weighted by Crippen LogP contribution is 2.25. The van der Waals surface area contributed by atoms with Gasteiger partial charge in [0, 0.05) is 23.9 Å². The van der Waals surface area contributed by atoms with Crippen molar-refractivity contribution in [1.82, 2.24) is 9.97 Å². The SMILES string of the molecule is CCCc1cc(NCC)nc(-c2c(C)cccc2C)n1. The van der Waals surface area contributed by atoms with E-state index in [0.29, 0.717) is 0 Å². The number of rotatable bonds is 5.